The molecule has 0 amide bonds. The highest BCUT2D eigenvalue weighted by Crippen LogP contribution is 2.28. The summed E-state index contributed by atoms with van der Waals surface area (Å²) in [6.07, 6.45) is -1.03. The Morgan fingerprint density at radius 2 is 1.83 bits per heavy atom. The van der Waals surface area contributed by atoms with Crippen molar-refractivity contribution in [3.8, 4) is 0 Å². The molecule has 3 unspecified atom stereocenters. The van der Waals surface area contributed by atoms with Crippen molar-refractivity contribution in [2.24, 2.45) is 5.73 Å². The average molecular weight is 249 g/mol. The first-order valence-corrected chi connectivity index (χ1v) is 6.06. The zero-order valence-electron chi connectivity index (χ0n) is 10.2. The molecule has 98 valence electrons. The van der Waals surface area contributed by atoms with Crippen molar-refractivity contribution in [1.29, 1.82) is 5.41 Å². The Bertz CT molecular complexity index is 400. The molecule has 18 heavy (non-hydrogen) atoms. The highest BCUT2D eigenvalue weighted by atomic mass is 16.3. The van der Waals surface area contributed by atoms with E-state index in [1.165, 1.54) is 0 Å². The van der Waals surface area contributed by atoms with E-state index >= 15 is 0 Å². The fraction of sp³-hybridized carbons (Fsp3) is 0.462. The van der Waals surface area contributed by atoms with Gasteiger partial charge in [0.1, 0.15) is 0 Å². The summed E-state index contributed by atoms with van der Waals surface area (Å²) in [7, 11) is 0. The SMILES string of the molecule is N=C(N)CC(c1ccccc1)N1CC(O)C(O)C1. The van der Waals surface area contributed by atoms with Gasteiger partial charge in [0.2, 0.25) is 0 Å². The van der Waals surface area contributed by atoms with E-state index in [9.17, 15) is 10.2 Å². The number of likely N-dealkylation sites (tertiary alicyclic amines) is 1. The van der Waals surface area contributed by atoms with Crippen LogP contribution in [0.25, 0.3) is 0 Å². The van der Waals surface area contributed by atoms with Crippen LogP contribution in [0.1, 0.15) is 18.0 Å². The molecule has 1 aliphatic heterocycles. The molecule has 2 rings (SSSR count). The molecule has 0 saturated carbocycles. The first-order chi connectivity index (χ1) is 8.58. The van der Waals surface area contributed by atoms with Crippen LogP contribution in [-0.2, 0) is 0 Å². The molecule has 0 aliphatic carbocycles. The molecule has 1 aliphatic rings. The molecule has 1 saturated heterocycles. The number of nitrogens with zero attached hydrogens (tertiary/aromatic N) is 1. The topological polar surface area (TPSA) is 93.6 Å². The largest absolute Gasteiger partial charge is 0.389 e. The lowest BCUT2D eigenvalue weighted by Crippen LogP contribution is -2.31. The number of benzene rings is 1. The minimum absolute atomic E-state index is 0.0597. The Hall–Kier alpha value is -1.43. The lowest BCUT2D eigenvalue weighted by Gasteiger charge is -2.27. The van der Waals surface area contributed by atoms with Gasteiger partial charge in [0, 0.05) is 25.6 Å². The molecule has 5 N–H and O–H groups in total. The number of aliphatic hydroxyl groups is 2. The van der Waals surface area contributed by atoms with E-state index < -0.39 is 12.2 Å². The second kappa shape index (κ2) is 5.48. The van der Waals surface area contributed by atoms with Crippen molar-refractivity contribution in [2.45, 2.75) is 24.7 Å². The summed E-state index contributed by atoms with van der Waals surface area (Å²) in [6, 6.07) is 9.70. The summed E-state index contributed by atoms with van der Waals surface area (Å²) >= 11 is 0. The monoisotopic (exact) mass is 249 g/mol. The van der Waals surface area contributed by atoms with E-state index in [4.69, 9.17) is 11.1 Å². The van der Waals surface area contributed by atoms with Gasteiger partial charge in [0.15, 0.2) is 0 Å². The first kappa shape index (κ1) is 13.0. The molecule has 0 spiro atoms. The molecule has 5 heteroatoms. The molecule has 0 aromatic heterocycles. The van der Waals surface area contributed by atoms with E-state index in [1.807, 2.05) is 35.2 Å². The van der Waals surface area contributed by atoms with Crippen molar-refractivity contribution < 1.29 is 10.2 Å². The Morgan fingerprint density at radius 3 is 2.33 bits per heavy atom. The van der Waals surface area contributed by atoms with E-state index in [2.05, 4.69) is 0 Å². The molecule has 1 aromatic rings. The Labute approximate surface area is 106 Å². The van der Waals surface area contributed by atoms with Crippen molar-refractivity contribution in [2.75, 3.05) is 13.1 Å². The second-order valence-electron chi connectivity index (χ2n) is 4.74. The van der Waals surface area contributed by atoms with Gasteiger partial charge in [0.25, 0.3) is 0 Å². The van der Waals surface area contributed by atoms with Gasteiger partial charge in [-0.05, 0) is 5.56 Å². The van der Waals surface area contributed by atoms with Crippen LogP contribution in [0, 0.1) is 5.41 Å². The van der Waals surface area contributed by atoms with Crippen LogP contribution >= 0.6 is 0 Å². The van der Waals surface area contributed by atoms with Crippen LogP contribution in [0.5, 0.6) is 0 Å². The predicted molar refractivity (Wildman–Crippen MR) is 69.3 cm³/mol. The highest BCUT2D eigenvalue weighted by Gasteiger charge is 2.34. The number of hydrogen-bond acceptors (Lipinski definition) is 4. The molecule has 0 bridgehead atoms. The Balaban J connectivity index is 2.18. The lowest BCUT2D eigenvalue weighted by molar-refractivity contribution is 0.0572. The second-order valence-corrected chi connectivity index (χ2v) is 4.74. The molecule has 5 nitrogen and oxygen atoms in total. The maximum absolute atomic E-state index is 9.62. The number of rotatable bonds is 4. The van der Waals surface area contributed by atoms with Gasteiger partial charge in [-0.3, -0.25) is 10.3 Å². The number of β-amino-alcohol motifs (C(OH)–C–C–N with tert-alkyl or cyclic N) is 2. The summed E-state index contributed by atoms with van der Waals surface area (Å²) in [5.41, 5.74) is 6.55. The number of hydrogen-bond donors (Lipinski definition) is 4. The van der Waals surface area contributed by atoms with Gasteiger partial charge in [-0.15, -0.1) is 0 Å². The minimum Gasteiger partial charge on any atom is -0.389 e. The van der Waals surface area contributed by atoms with Gasteiger partial charge in [0.05, 0.1) is 18.0 Å². The maximum Gasteiger partial charge on any atom is 0.0938 e. The highest BCUT2D eigenvalue weighted by molar-refractivity contribution is 5.77. The summed E-state index contributed by atoms with van der Waals surface area (Å²) in [4.78, 5) is 1.98. The van der Waals surface area contributed by atoms with Gasteiger partial charge in [-0.1, -0.05) is 30.3 Å². The van der Waals surface area contributed by atoms with Crippen LogP contribution < -0.4 is 5.73 Å². The van der Waals surface area contributed by atoms with Gasteiger partial charge >= 0.3 is 0 Å². The summed E-state index contributed by atoms with van der Waals surface area (Å²) in [5.74, 6) is 0.111. The molecular weight excluding hydrogens is 230 g/mol. The van der Waals surface area contributed by atoms with Crippen molar-refractivity contribution in [1.82, 2.24) is 4.90 Å². The number of nitrogens with one attached hydrogen (secondary N) is 1. The fourth-order valence-electron chi connectivity index (χ4n) is 2.39. The van der Waals surface area contributed by atoms with Crippen LogP contribution in [-0.4, -0.2) is 46.2 Å². The molecular formula is C13H19N3O2. The number of aliphatic hydroxyl groups excluding tert-OH is 2. The van der Waals surface area contributed by atoms with E-state index in [-0.39, 0.29) is 11.9 Å². The van der Waals surface area contributed by atoms with Crippen molar-refractivity contribution in [3.63, 3.8) is 0 Å². The van der Waals surface area contributed by atoms with E-state index in [1.54, 1.807) is 0 Å². The predicted octanol–water partition coefficient (Wildman–Crippen LogP) is 0.0912. The van der Waals surface area contributed by atoms with Crippen molar-refractivity contribution >= 4 is 5.84 Å². The quantitative estimate of drug-likeness (QED) is 0.449. The summed E-state index contributed by atoms with van der Waals surface area (Å²) < 4.78 is 0. The van der Waals surface area contributed by atoms with Crippen LogP contribution in [0.2, 0.25) is 0 Å². The molecule has 1 heterocycles. The molecule has 1 fully saturated rings. The molecule has 0 radical (unpaired) electrons. The van der Waals surface area contributed by atoms with Gasteiger partial charge in [-0.25, -0.2) is 0 Å². The van der Waals surface area contributed by atoms with Gasteiger partial charge < -0.3 is 15.9 Å². The third kappa shape index (κ3) is 2.87. The van der Waals surface area contributed by atoms with Gasteiger partial charge in [-0.2, -0.15) is 0 Å². The fourth-order valence-corrected chi connectivity index (χ4v) is 2.39. The Kier molecular flexibility index (Phi) is 3.96. The zero-order valence-corrected chi connectivity index (χ0v) is 10.2. The third-order valence-electron chi connectivity index (χ3n) is 3.33. The normalized spacial score (nSPS) is 26.1. The van der Waals surface area contributed by atoms with Crippen molar-refractivity contribution in [3.05, 3.63) is 35.9 Å². The lowest BCUT2D eigenvalue weighted by atomic mass is 10.0. The number of nitrogens with two attached hydrogens (primary N) is 1. The van der Waals surface area contributed by atoms with E-state index in [0.717, 1.165) is 5.56 Å². The summed E-state index contributed by atoms with van der Waals surface area (Å²) in [5, 5.41) is 26.7. The maximum atomic E-state index is 9.62. The molecule has 3 atom stereocenters. The van der Waals surface area contributed by atoms with Crippen LogP contribution in [0.3, 0.4) is 0 Å². The van der Waals surface area contributed by atoms with E-state index in [0.29, 0.717) is 19.5 Å². The van der Waals surface area contributed by atoms with Crippen LogP contribution in [0.4, 0.5) is 0 Å². The average Bonchev–Trinajstić information content (AvgIpc) is 2.67. The molecule has 1 aromatic carbocycles. The minimum atomic E-state index is -0.719. The summed E-state index contributed by atoms with van der Waals surface area (Å²) in [6.45, 7) is 0.821. The third-order valence-corrected chi connectivity index (χ3v) is 3.33. The van der Waals surface area contributed by atoms with Crippen LogP contribution in [0.15, 0.2) is 30.3 Å². The smallest absolute Gasteiger partial charge is 0.0938 e. The Morgan fingerprint density at radius 1 is 1.28 bits per heavy atom. The number of amidine groups is 1. The first-order valence-electron chi connectivity index (χ1n) is 6.06. The standard InChI is InChI=1S/C13H19N3O2/c14-13(15)6-10(9-4-2-1-3-5-9)16-7-11(17)12(18)8-16/h1-5,10-12,17-18H,6-8H2,(H3,14,15). The zero-order chi connectivity index (χ0) is 13.1.